The molecule has 1 heterocycles. The Morgan fingerprint density at radius 1 is 1.11 bits per heavy atom. The Hall–Kier alpha value is -3.03. The van der Waals surface area contributed by atoms with Crippen molar-refractivity contribution in [3.8, 4) is 5.75 Å². The van der Waals surface area contributed by atoms with Crippen molar-refractivity contribution < 1.29 is 18.9 Å². The molecule has 3 rings (SSSR count). The second kappa shape index (κ2) is 8.11. The summed E-state index contributed by atoms with van der Waals surface area (Å²) in [6, 6.07) is 13.7. The minimum Gasteiger partial charge on any atom is -0.486 e. The van der Waals surface area contributed by atoms with Crippen LogP contribution in [0.2, 0.25) is 10.0 Å². The summed E-state index contributed by atoms with van der Waals surface area (Å²) in [5, 5.41) is 13.9. The predicted molar refractivity (Wildman–Crippen MR) is 101 cm³/mol. The van der Waals surface area contributed by atoms with Gasteiger partial charge in [0.1, 0.15) is 18.1 Å². The number of furan rings is 1. The molecule has 3 aromatic rings. The zero-order chi connectivity index (χ0) is 19.4. The third-order valence-electron chi connectivity index (χ3n) is 3.49. The Bertz CT molecular complexity index is 986. The van der Waals surface area contributed by atoms with Crippen molar-refractivity contribution in [2.75, 3.05) is 5.32 Å². The molecular weight excluding hydrogens is 395 g/mol. The summed E-state index contributed by atoms with van der Waals surface area (Å²) in [5.41, 5.74) is 0.0697. The van der Waals surface area contributed by atoms with E-state index in [9.17, 15) is 14.9 Å². The van der Waals surface area contributed by atoms with Gasteiger partial charge < -0.3 is 14.5 Å². The highest BCUT2D eigenvalue weighted by atomic mass is 35.5. The molecule has 27 heavy (non-hydrogen) atoms. The first-order chi connectivity index (χ1) is 12.9. The summed E-state index contributed by atoms with van der Waals surface area (Å²) < 4.78 is 11.0. The van der Waals surface area contributed by atoms with Crippen LogP contribution in [0.5, 0.6) is 5.75 Å². The molecular formula is C18H12Cl2N2O5. The van der Waals surface area contributed by atoms with Gasteiger partial charge in [-0.15, -0.1) is 0 Å². The van der Waals surface area contributed by atoms with Crippen LogP contribution in [0.3, 0.4) is 0 Å². The largest absolute Gasteiger partial charge is 0.486 e. The van der Waals surface area contributed by atoms with E-state index in [0.29, 0.717) is 16.5 Å². The van der Waals surface area contributed by atoms with Crippen LogP contribution in [-0.2, 0) is 6.61 Å². The maximum absolute atomic E-state index is 12.3. The quantitative estimate of drug-likeness (QED) is 0.441. The lowest BCUT2D eigenvalue weighted by Gasteiger charge is -2.06. The lowest BCUT2D eigenvalue weighted by molar-refractivity contribution is -0.384. The van der Waals surface area contributed by atoms with E-state index in [1.165, 1.54) is 18.2 Å². The number of non-ortho nitro benzene ring substituents is 1. The van der Waals surface area contributed by atoms with Gasteiger partial charge in [0.15, 0.2) is 5.76 Å². The first-order valence-electron chi connectivity index (χ1n) is 7.65. The van der Waals surface area contributed by atoms with Crippen molar-refractivity contribution in [2.24, 2.45) is 0 Å². The van der Waals surface area contributed by atoms with Gasteiger partial charge in [0.25, 0.3) is 11.6 Å². The summed E-state index contributed by atoms with van der Waals surface area (Å²) in [5.74, 6) is 0.576. The van der Waals surface area contributed by atoms with Gasteiger partial charge in [-0.05, 0) is 42.5 Å². The van der Waals surface area contributed by atoms with Crippen LogP contribution in [0.15, 0.2) is 59.0 Å². The third kappa shape index (κ3) is 4.78. The summed E-state index contributed by atoms with van der Waals surface area (Å²) in [4.78, 5) is 22.4. The number of hydrogen-bond donors (Lipinski definition) is 1. The fourth-order valence-electron chi connectivity index (χ4n) is 2.17. The Morgan fingerprint density at radius 2 is 1.85 bits per heavy atom. The van der Waals surface area contributed by atoms with Crippen LogP contribution in [0.1, 0.15) is 16.3 Å². The van der Waals surface area contributed by atoms with Crippen molar-refractivity contribution in [1.29, 1.82) is 0 Å². The molecule has 0 spiro atoms. The maximum Gasteiger partial charge on any atom is 0.291 e. The number of carbonyl (C=O) groups excluding carboxylic acids is 1. The molecule has 0 aliphatic heterocycles. The Kier molecular flexibility index (Phi) is 5.63. The molecule has 0 aliphatic rings. The summed E-state index contributed by atoms with van der Waals surface area (Å²) in [7, 11) is 0. The topological polar surface area (TPSA) is 94.6 Å². The van der Waals surface area contributed by atoms with Gasteiger partial charge in [0.2, 0.25) is 0 Å². The Balaban J connectivity index is 1.63. The highest BCUT2D eigenvalue weighted by Crippen LogP contribution is 2.27. The fourth-order valence-corrected chi connectivity index (χ4v) is 2.51. The molecule has 0 fully saturated rings. The number of ether oxygens (including phenoxy) is 1. The molecule has 1 amide bonds. The first kappa shape index (κ1) is 18.8. The van der Waals surface area contributed by atoms with Crippen LogP contribution >= 0.6 is 23.2 Å². The van der Waals surface area contributed by atoms with Crippen LogP contribution in [0.25, 0.3) is 0 Å². The molecule has 0 saturated heterocycles. The van der Waals surface area contributed by atoms with Crippen molar-refractivity contribution in [2.45, 2.75) is 6.61 Å². The van der Waals surface area contributed by atoms with Crippen LogP contribution in [-0.4, -0.2) is 10.8 Å². The lowest BCUT2D eigenvalue weighted by atomic mass is 10.2. The molecule has 7 nitrogen and oxygen atoms in total. The van der Waals surface area contributed by atoms with Gasteiger partial charge in [-0.2, -0.15) is 0 Å². The molecule has 9 heteroatoms. The van der Waals surface area contributed by atoms with Gasteiger partial charge in [-0.3, -0.25) is 14.9 Å². The zero-order valence-corrected chi connectivity index (χ0v) is 15.2. The molecule has 0 bridgehead atoms. The van der Waals surface area contributed by atoms with Crippen molar-refractivity contribution in [3.63, 3.8) is 0 Å². The molecule has 0 aliphatic carbocycles. The summed E-state index contributed by atoms with van der Waals surface area (Å²) in [6.45, 7) is 0.132. The lowest BCUT2D eigenvalue weighted by Crippen LogP contribution is -2.11. The average Bonchev–Trinajstić information content (AvgIpc) is 3.12. The number of carbonyl (C=O) groups is 1. The van der Waals surface area contributed by atoms with Crippen molar-refractivity contribution in [1.82, 2.24) is 0 Å². The Morgan fingerprint density at radius 3 is 2.52 bits per heavy atom. The normalized spacial score (nSPS) is 10.4. The number of nitro groups is 1. The average molecular weight is 407 g/mol. The molecule has 0 saturated carbocycles. The van der Waals surface area contributed by atoms with E-state index in [0.717, 1.165) is 6.07 Å². The molecule has 2 aromatic carbocycles. The number of halogens is 2. The Labute approximate surface area is 163 Å². The number of rotatable bonds is 6. The standard InChI is InChI=1S/C18H12Cl2N2O5/c19-11-1-4-13(5-2-11)26-10-14-6-8-17(27-14)18(23)21-16-7-3-12(22(24)25)9-15(16)20/h1-9H,10H2,(H,21,23). The van der Waals surface area contributed by atoms with Crippen LogP contribution < -0.4 is 10.1 Å². The molecule has 1 N–H and O–H groups in total. The maximum atomic E-state index is 12.3. The minimum atomic E-state index is -0.572. The second-order valence-electron chi connectivity index (χ2n) is 5.38. The summed E-state index contributed by atoms with van der Waals surface area (Å²) in [6.07, 6.45) is 0. The first-order valence-corrected chi connectivity index (χ1v) is 8.40. The minimum absolute atomic E-state index is 0.0513. The van der Waals surface area contributed by atoms with E-state index in [4.69, 9.17) is 32.4 Å². The van der Waals surface area contributed by atoms with E-state index in [-0.39, 0.29) is 28.8 Å². The number of nitro benzene ring substituents is 1. The molecule has 0 unspecified atom stereocenters. The molecule has 0 radical (unpaired) electrons. The number of amides is 1. The van der Waals surface area contributed by atoms with E-state index >= 15 is 0 Å². The number of nitrogens with one attached hydrogen (secondary N) is 1. The number of hydrogen-bond acceptors (Lipinski definition) is 5. The van der Waals surface area contributed by atoms with Crippen LogP contribution in [0.4, 0.5) is 11.4 Å². The summed E-state index contributed by atoms with van der Waals surface area (Å²) >= 11 is 11.8. The number of benzene rings is 2. The van der Waals surface area contributed by atoms with Crippen LogP contribution in [0, 0.1) is 10.1 Å². The SMILES string of the molecule is O=C(Nc1ccc([N+](=O)[O-])cc1Cl)c1ccc(COc2ccc(Cl)cc2)o1. The van der Waals surface area contributed by atoms with Gasteiger partial charge in [-0.25, -0.2) is 0 Å². The number of anilines is 1. The number of nitrogens with zero attached hydrogens (tertiary/aromatic N) is 1. The van der Waals surface area contributed by atoms with E-state index < -0.39 is 10.8 Å². The van der Waals surface area contributed by atoms with Gasteiger partial charge in [0.05, 0.1) is 15.6 Å². The fraction of sp³-hybridized carbons (Fsp3) is 0.0556. The molecule has 0 atom stereocenters. The van der Waals surface area contributed by atoms with E-state index in [1.807, 2.05) is 0 Å². The van der Waals surface area contributed by atoms with Crippen molar-refractivity contribution >= 4 is 40.5 Å². The molecule has 138 valence electrons. The van der Waals surface area contributed by atoms with E-state index in [1.54, 1.807) is 30.3 Å². The highest BCUT2D eigenvalue weighted by Gasteiger charge is 2.15. The zero-order valence-electron chi connectivity index (χ0n) is 13.6. The third-order valence-corrected chi connectivity index (χ3v) is 4.06. The smallest absolute Gasteiger partial charge is 0.291 e. The molecule has 1 aromatic heterocycles. The van der Waals surface area contributed by atoms with E-state index in [2.05, 4.69) is 5.32 Å². The van der Waals surface area contributed by atoms with Crippen molar-refractivity contribution in [3.05, 3.63) is 86.3 Å². The highest BCUT2D eigenvalue weighted by molar-refractivity contribution is 6.34. The second-order valence-corrected chi connectivity index (χ2v) is 6.23. The van der Waals surface area contributed by atoms with Gasteiger partial charge >= 0.3 is 0 Å². The predicted octanol–water partition coefficient (Wildman–Crippen LogP) is 5.33. The van der Waals surface area contributed by atoms with Gasteiger partial charge in [-0.1, -0.05) is 23.2 Å². The van der Waals surface area contributed by atoms with Gasteiger partial charge in [0, 0.05) is 17.2 Å². The monoisotopic (exact) mass is 406 g/mol.